The maximum atomic E-state index is 5.33. The Morgan fingerprint density at radius 1 is 1.11 bits per heavy atom. The Labute approximate surface area is 112 Å². The second kappa shape index (κ2) is 4.10. The third kappa shape index (κ3) is 1.77. The van der Waals surface area contributed by atoms with E-state index >= 15 is 0 Å². The van der Waals surface area contributed by atoms with E-state index < -0.39 is 0 Å². The molecule has 2 aromatic heterocycles. The number of rotatable bonds is 2. The second-order valence-corrected chi connectivity index (χ2v) is 4.92. The Morgan fingerprint density at radius 2 is 2.05 bits per heavy atom. The number of aromatic nitrogens is 2. The first kappa shape index (κ1) is 10.6. The third-order valence-electron chi connectivity index (χ3n) is 2.79. The van der Waals surface area contributed by atoms with Gasteiger partial charge in [-0.2, -0.15) is 4.98 Å². The summed E-state index contributed by atoms with van der Waals surface area (Å²) in [6.07, 6.45) is 0. The van der Waals surface area contributed by atoms with E-state index in [1.807, 2.05) is 35.7 Å². The summed E-state index contributed by atoms with van der Waals surface area (Å²) in [7, 11) is 0. The second-order valence-electron chi connectivity index (χ2n) is 3.97. The van der Waals surface area contributed by atoms with Crippen molar-refractivity contribution >= 4 is 11.3 Å². The Hall–Kier alpha value is -2.34. The standard InChI is InChI=1S/C13H8N2O3S/c1-2-11(19-5-1)13-14-12(15-18-13)8-3-4-9-10(6-8)17-7-16-9/h1-6H,7H2. The monoisotopic (exact) mass is 272 g/mol. The topological polar surface area (TPSA) is 57.4 Å². The van der Waals surface area contributed by atoms with Crippen LogP contribution in [0.1, 0.15) is 0 Å². The zero-order valence-corrected chi connectivity index (χ0v) is 10.5. The van der Waals surface area contributed by atoms with Crippen molar-refractivity contribution in [1.82, 2.24) is 10.1 Å². The van der Waals surface area contributed by atoms with Crippen molar-refractivity contribution < 1.29 is 14.0 Å². The van der Waals surface area contributed by atoms with Crippen LogP contribution in [-0.2, 0) is 0 Å². The number of fused-ring (bicyclic) bond motifs is 1. The molecule has 0 fully saturated rings. The molecule has 0 saturated heterocycles. The summed E-state index contributed by atoms with van der Waals surface area (Å²) >= 11 is 1.56. The molecule has 0 unspecified atom stereocenters. The van der Waals surface area contributed by atoms with Crippen LogP contribution < -0.4 is 9.47 Å². The molecule has 94 valence electrons. The van der Waals surface area contributed by atoms with Gasteiger partial charge in [-0.15, -0.1) is 11.3 Å². The number of hydrogen-bond acceptors (Lipinski definition) is 6. The lowest BCUT2D eigenvalue weighted by molar-refractivity contribution is 0.174. The lowest BCUT2D eigenvalue weighted by Crippen LogP contribution is -1.92. The molecular weight excluding hydrogens is 264 g/mol. The SMILES string of the molecule is c1csc(-c2nc(-c3ccc4c(c3)OCO4)no2)c1. The van der Waals surface area contributed by atoms with Crippen molar-refractivity contribution in [2.45, 2.75) is 0 Å². The summed E-state index contributed by atoms with van der Waals surface area (Å²) in [4.78, 5) is 5.34. The molecule has 19 heavy (non-hydrogen) atoms. The Morgan fingerprint density at radius 3 is 2.95 bits per heavy atom. The first-order valence-electron chi connectivity index (χ1n) is 5.68. The molecule has 3 heterocycles. The molecule has 0 aliphatic carbocycles. The van der Waals surface area contributed by atoms with Crippen LogP contribution in [0.25, 0.3) is 22.2 Å². The predicted octanol–water partition coefficient (Wildman–Crippen LogP) is 3.19. The molecule has 5 nitrogen and oxygen atoms in total. The van der Waals surface area contributed by atoms with Crippen molar-refractivity contribution in [3.63, 3.8) is 0 Å². The summed E-state index contributed by atoms with van der Waals surface area (Å²) < 4.78 is 15.9. The van der Waals surface area contributed by atoms with Crippen molar-refractivity contribution in [2.24, 2.45) is 0 Å². The molecule has 3 aromatic rings. The van der Waals surface area contributed by atoms with Crippen LogP contribution in [0.3, 0.4) is 0 Å². The molecule has 0 atom stereocenters. The first-order chi connectivity index (χ1) is 9.40. The van der Waals surface area contributed by atoms with E-state index in [0.29, 0.717) is 17.5 Å². The van der Waals surface area contributed by atoms with Gasteiger partial charge in [0.2, 0.25) is 12.6 Å². The van der Waals surface area contributed by atoms with Gasteiger partial charge in [-0.25, -0.2) is 0 Å². The van der Waals surface area contributed by atoms with Crippen molar-refractivity contribution in [2.75, 3.05) is 6.79 Å². The molecule has 0 amide bonds. The van der Waals surface area contributed by atoms with E-state index in [-0.39, 0.29) is 6.79 Å². The predicted molar refractivity (Wildman–Crippen MR) is 69.2 cm³/mol. The van der Waals surface area contributed by atoms with Crippen LogP contribution in [0.15, 0.2) is 40.2 Å². The number of benzene rings is 1. The van der Waals surface area contributed by atoms with Crippen LogP contribution in [0, 0.1) is 0 Å². The molecule has 1 aromatic carbocycles. The maximum Gasteiger partial charge on any atom is 0.268 e. The largest absolute Gasteiger partial charge is 0.454 e. The summed E-state index contributed by atoms with van der Waals surface area (Å²) in [6, 6.07) is 9.48. The number of nitrogens with zero attached hydrogens (tertiary/aromatic N) is 2. The molecular formula is C13H8N2O3S. The zero-order valence-electron chi connectivity index (χ0n) is 9.70. The lowest BCUT2D eigenvalue weighted by atomic mass is 10.2. The highest BCUT2D eigenvalue weighted by atomic mass is 32.1. The fourth-order valence-corrected chi connectivity index (χ4v) is 2.52. The summed E-state index contributed by atoms with van der Waals surface area (Å²) in [5.74, 6) is 2.52. The van der Waals surface area contributed by atoms with Crippen molar-refractivity contribution in [3.8, 4) is 33.7 Å². The third-order valence-corrected chi connectivity index (χ3v) is 3.65. The van der Waals surface area contributed by atoms with Crippen molar-refractivity contribution in [1.29, 1.82) is 0 Å². The first-order valence-corrected chi connectivity index (χ1v) is 6.56. The molecule has 0 N–H and O–H groups in total. The molecule has 0 saturated carbocycles. The van der Waals surface area contributed by atoms with E-state index in [0.717, 1.165) is 16.2 Å². The highest BCUT2D eigenvalue weighted by Crippen LogP contribution is 2.35. The summed E-state index contributed by atoms with van der Waals surface area (Å²) in [5, 5.41) is 5.96. The lowest BCUT2D eigenvalue weighted by Gasteiger charge is -1.97. The van der Waals surface area contributed by atoms with E-state index in [4.69, 9.17) is 14.0 Å². The van der Waals surface area contributed by atoms with Gasteiger partial charge in [-0.1, -0.05) is 11.2 Å². The van der Waals surface area contributed by atoms with Crippen LogP contribution in [-0.4, -0.2) is 16.9 Å². The van der Waals surface area contributed by atoms with Gasteiger partial charge in [0.25, 0.3) is 5.89 Å². The summed E-state index contributed by atoms with van der Waals surface area (Å²) in [5.41, 5.74) is 0.843. The van der Waals surface area contributed by atoms with E-state index in [1.54, 1.807) is 11.3 Å². The number of thiophene rings is 1. The molecule has 4 rings (SSSR count). The number of ether oxygens (including phenoxy) is 2. The minimum absolute atomic E-state index is 0.255. The fraction of sp³-hybridized carbons (Fsp3) is 0.0769. The zero-order chi connectivity index (χ0) is 12.7. The Bertz CT molecular complexity index is 721. The molecule has 1 aliphatic rings. The molecule has 0 bridgehead atoms. The molecule has 0 spiro atoms. The normalized spacial score (nSPS) is 12.8. The van der Waals surface area contributed by atoms with E-state index in [1.165, 1.54) is 0 Å². The number of hydrogen-bond donors (Lipinski definition) is 0. The van der Waals surface area contributed by atoms with Crippen LogP contribution in [0.5, 0.6) is 11.5 Å². The summed E-state index contributed by atoms with van der Waals surface area (Å²) in [6.45, 7) is 0.255. The minimum atomic E-state index is 0.255. The van der Waals surface area contributed by atoms with Gasteiger partial charge in [0, 0.05) is 5.56 Å². The van der Waals surface area contributed by atoms with Gasteiger partial charge >= 0.3 is 0 Å². The maximum absolute atomic E-state index is 5.33. The van der Waals surface area contributed by atoms with Gasteiger partial charge in [0.15, 0.2) is 11.5 Å². The van der Waals surface area contributed by atoms with E-state index in [9.17, 15) is 0 Å². The van der Waals surface area contributed by atoms with Gasteiger partial charge < -0.3 is 14.0 Å². The molecule has 0 radical (unpaired) electrons. The van der Waals surface area contributed by atoms with Gasteiger partial charge in [-0.3, -0.25) is 0 Å². The molecule has 6 heteroatoms. The highest BCUT2D eigenvalue weighted by Gasteiger charge is 2.17. The van der Waals surface area contributed by atoms with Crippen LogP contribution >= 0.6 is 11.3 Å². The van der Waals surface area contributed by atoms with E-state index in [2.05, 4.69) is 10.1 Å². The van der Waals surface area contributed by atoms with Gasteiger partial charge in [0.05, 0.1) is 4.88 Å². The van der Waals surface area contributed by atoms with Crippen molar-refractivity contribution in [3.05, 3.63) is 35.7 Å². The van der Waals surface area contributed by atoms with Gasteiger partial charge in [0.1, 0.15) is 0 Å². The minimum Gasteiger partial charge on any atom is -0.454 e. The van der Waals surface area contributed by atoms with Crippen LogP contribution in [0.2, 0.25) is 0 Å². The molecule has 1 aliphatic heterocycles. The van der Waals surface area contributed by atoms with Crippen LogP contribution in [0.4, 0.5) is 0 Å². The Balaban J connectivity index is 1.73. The Kier molecular flexibility index (Phi) is 2.28. The van der Waals surface area contributed by atoms with Gasteiger partial charge in [-0.05, 0) is 29.6 Å². The average molecular weight is 272 g/mol. The quantitative estimate of drug-likeness (QED) is 0.717. The highest BCUT2D eigenvalue weighted by molar-refractivity contribution is 7.13. The fourth-order valence-electron chi connectivity index (χ4n) is 1.88. The average Bonchev–Trinajstić information content (AvgIpc) is 3.18. The smallest absolute Gasteiger partial charge is 0.268 e.